The van der Waals surface area contributed by atoms with Gasteiger partial charge in [-0.05, 0) is 24.3 Å². The average Bonchev–Trinajstić information content (AvgIpc) is 3.08. The molecule has 0 aliphatic rings. The maximum absolute atomic E-state index is 12.1. The van der Waals surface area contributed by atoms with Gasteiger partial charge in [-0.2, -0.15) is 0 Å². The Morgan fingerprint density at radius 2 is 1.85 bits per heavy atom. The third kappa shape index (κ3) is 4.68. The molecule has 3 N–H and O–H groups in total. The van der Waals surface area contributed by atoms with Crippen molar-refractivity contribution >= 4 is 29.3 Å². The van der Waals surface area contributed by atoms with E-state index in [0.29, 0.717) is 16.4 Å². The summed E-state index contributed by atoms with van der Waals surface area (Å²) >= 11 is 1.24. The van der Waals surface area contributed by atoms with Gasteiger partial charge in [-0.1, -0.05) is 42.1 Å². The number of thioether (sulfide) groups is 1. The minimum atomic E-state index is -0.424. The van der Waals surface area contributed by atoms with Crippen LogP contribution in [0.2, 0.25) is 0 Å². The maximum atomic E-state index is 12.1. The van der Waals surface area contributed by atoms with Crippen molar-refractivity contribution in [2.24, 2.45) is 0 Å². The Bertz CT molecular complexity index is 939. The summed E-state index contributed by atoms with van der Waals surface area (Å²) in [7, 11) is 1.32. The minimum Gasteiger partial charge on any atom is -0.465 e. The molecule has 0 atom stereocenters. The number of rotatable bonds is 6. The summed E-state index contributed by atoms with van der Waals surface area (Å²) < 4.78 is 6.05. The summed E-state index contributed by atoms with van der Waals surface area (Å²) in [6.07, 6.45) is 1.72. The van der Waals surface area contributed by atoms with Crippen molar-refractivity contribution in [1.29, 1.82) is 0 Å². The number of nitrogens with two attached hydrogens (primary N) is 1. The highest BCUT2D eigenvalue weighted by molar-refractivity contribution is 7.99. The van der Waals surface area contributed by atoms with Gasteiger partial charge in [0.05, 0.1) is 30.3 Å². The highest BCUT2D eigenvalue weighted by atomic mass is 32.2. The van der Waals surface area contributed by atoms with Crippen molar-refractivity contribution in [2.45, 2.75) is 5.16 Å². The van der Waals surface area contributed by atoms with Gasteiger partial charge in [-0.3, -0.25) is 4.79 Å². The predicted octanol–water partition coefficient (Wildman–Crippen LogP) is 2.78. The third-order valence-electron chi connectivity index (χ3n) is 3.69. The van der Waals surface area contributed by atoms with Gasteiger partial charge in [-0.25, -0.2) is 14.5 Å². The Kier molecular flexibility index (Phi) is 5.77. The van der Waals surface area contributed by atoms with Gasteiger partial charge in [0.15, 0.2) is 5.16 Å². The fraction of sp³-hybridized carbons (Fsp3) is 0.105. The maximum Gasteiger partial charge on any atom is 0.337 e. The van der Waals surface area contributed by atoms with Gasteiger partial charge >= 0.3 is 5.97 Å². The monoisotopic (exact) mass is 382 g/mol. The molecule has 0 aliphatic carbocycles. The first-order valence-electron chi connectivity index (χ1n) is 8.07. The fourth-order valence-corrected chi connectivity index (χ4v) is 3.06. The molecule has 0 aliphatic heterocycles. The first-order chi connectivity index (χ1) is 13.1. The summed E-state index contributed by atoms with van der Waals surface area (Å²) in [5, 5.41) is 3.31. The number of methoxy groups -OCH3 is 1. The number of carbonyl (C=O) groups excluding carboxylic acids is 2. The summed E-state index contributed by atoms with van der Waals surface area (Å²) in [5.41, 5.74) is 2.72. The normalized spacial score (nSPS) is 10.4. The lowest BCUT2D eigenvalue weighted by atomic mass is 10.2. The van der Waals surface area contributed by atoms with E-state index in [1.165, 1.54) is 23.5 Å². The van der Waals surface area contributed by atoms with Gasteiger partial charge in [0.25, 0.3) is 0 Å². The summed E-state index contributed by atoms with van der Waals surface area (Å²) in [6, 6.07) is 16.1. The van der Waals surface area contributed by atoms with Crippen molar-refractivity contribution in [3.05, 3.63) is 66.4 Å². The van der Waals surface area contributed by atoms with Crippen LogP contribution in [0.3, 0.4) is 0 Å². The van der Waals surface area contributed by atoms with E-state index in [-0.39, 0.29) is 11.7 Å². The number of nitrogen functional groups attached to an aromatic ring is 1. The Hall–Kier alpha value is -3.26. The second kappa shape index (κ2) is 8.41. The average molecular weight is 382 g/mol. The molecule has 1 heterocycles. The Balaban J connectivity index is 1.58. The van der Waals surface area contributed by atoms with Crippen molar-refractivity contribution in [3.8, 4) is 11.3 Å². The van der Waals surface area contributed by atoms with Crippen LogP contribution in [0.4, 0.5) is 5.69 Å². The molecule has 0 radical (unpaired) electrons. The lowest BCUT2D eigenvalue weighted by Gasteiger charge is -2.06. The number of nitrogens with one attached hydrogen (secondary N) is 1. The Labute approximate surface area is 160 Å². The smallest absolute Gasteiger partial charge is 0.337 e. The minimum absolute atomic E-state index is 0.154. The van der Waals surface area contributed by atoms with E-state index in [1.54, 1.807) is 30.5 Å². The van der Waals surface area contributed by atoms with E-state index in [2.05, 4.69) is 15.0 Å². The number of nitrogens with zero attached hydrogens (tertiary/aromatic N) is 2. The molecular weight excluding hydrogens is 364 g/mol. The van der Waals surface area contributed by atoms with Gasteiger partial charge in [0.1, 0.15) is 0 Å². The van der Waals surface area contributed by atoms with Crippen LogP contribution in [0.15, 0.2) is 66.0 Å². The van der Waals surface area contributed by atoms with Gasteiger partial charge in [0.2, 0.25) is 5.91 Å². The molecule has 1 aromatic heterocycles. The number of esters is 1. The number of anilines is 1. The molecule has 27 heavy (non-hydrogen) atoms. The topological polar surface area (TPSA) is 99.2 Å². The zero-order valence-corrected chi connectivity index (χ0v) is 15.4. The van der Waals surface area contributed by atoms with Gasteiger partial charge in [-0.15, -0.1) is 0 Å². The molecule has 8 heteroatoms. The number of hydrogen-bond acceptors (Lipinski definition) is 6. The lowest BCUT2D eigenvalue weighted by molar-refractivity contribution is -0.113. The number of imidazole rings is 1. The number of ether oxygens (including phenoxy) is 1. The van der Waals surface area contributed by atoms with E-state index in [1.807, 2.05) is 30.3 Å². The van der Waals surface area contributed by atoms with Crippen LogP contribution in [-0.4, -0.2) is 34.4 Å². The van der Waals surface area contributed by atoms with Crippen molar-refractivity contribution in [1.82, 2.24) is 9.66 Å². The van der Waals surface area contributed by atoms with E-state index < -0.39 is 5.97 Å². The summed E-state index contributed by atoms with van der Waals surface area (Å²) in [4.78, 5) is 28.0. The van der Waals surface area contributed by atoms with Crippen molar-refractivity contribution in [2.75, 3.05) is 24.0 Å². The molecule has 2 aromatic carbocycles. The van der Waals surface area contributed by atoms with Crippen LogP contribution >= 0.6 is 11.8 Å². The molecule has 1 amide bonds. The first kappa shape index (κ1) is 18.5. The van der Waals surface area contributed by atoms with Crippen LogP contribution in [0, 0.1) is 0 Å². The number of carbonyl (C=O) groups is 2. The highest BCUT2D eigenvalue weighted by Crippen LogP contribution is 2.22. The highest BCUT2D eigenvalue weighted by Gasteiger charge is 2.11. The molecule has 0 bridgehead atoms. The molecular formula is C19H18N4O3S. The van der Waals surface area contributed by atoms with Crippen LogP contribution in [0.5, 0.6) is 0 Å². The van der Waals surface area contributed by atoms with E-state index in [9.17, 15) is 9.59 Å². The second-order valence-electron chi connectivity index (χ2n) is 5.59. The van der Waals surface area contributed by atoms with Gasteiger partial charge in [0, 0.05) is 11.3 Å². The van der Waals surface area contributed by atoms with E-state index in [4.69, 9.17) is 5.84 Å². The zero-order valence-electron chi connectivity index (χ0n) is 14.6. The molecule has 3 aromatic rings. The summed E-state index contributed by atoms with van der Waals surface area (Å²) in [6.45, 7) is 0. The Morgan fingerprint density at radius 1 is 1.15 bits per heavy atom. The third-order valence-corrected chi connectivity index (χ3v) is 4.66. The van der Waals surface area contributed by atoms with Crippen LogP contribution in [-0.2, 0) is 9.53 Å². The second-order valence-corrected chi connectivity index (χ2v) is 6.53. The van der Waals surface area contributed by atoms with Crippen LogP contribution in [0.1, 0.15) is 10.4 Å². The fourth-order valence-electron chi connectivity index (χ4n) is 2.37. The molecule has 138 valence electrons. The molecule has 0 saturated carbocycles. The summed E-state index contributed by atoms with van der Waals surface area (Å²) in [5.74, 6) is 5.46. The molecule has 7 nitrogen and oxygen atoms in total. The van der Waals surface area contributed by atoms with Crippen LogP contribution in [0.25, 0.3) is 11.3 Å². The number of aromatic nitrogens is 2. The molecule has 0 unspecified atom stereocenters. The van der Waals surface area contributed by atoms with Gasteiger partial charge < -0.3 is 15.9 Å². The number of hydrogen-bond donors (Lipinski definition) is 2. The first-order valence-corrected chi connectivity index (χ1v) is 9.06. The largest absolute Gasteiger partial charge is 0.465 e. The Morgan fingerprint density at radius 3 is 2.52 bits per heavy atom. The molecule has 3 rings (SSSR count). The number of amides is 1. The zero-order chi connectivity index (χ0) is 19.2. The van der Waals surface area contributed by atoms with E-state index in [0.717, 1.165) is 11.3 Å². The lowest BCUT2D eigenvalue weighted by Crippen LogP contribution is -2.15. The van der Waals surface area contributed by atoms with Crippen LogP contribution < -0.4 is 11.2 Å². The quantitative estimate of drug-likeness (QED) is 0.386. The SMILES string of the molecule is COC(=O)c1ccc(NC(=O)CSc2nc(-c3ccccc3)cn2N)cc1. The van der Waals surface area contributed by atoms with E-state index >= 15 is 0 Å². The standard InChI is InChI=1S/C19H18N4O3S/c1-26-18(25)14-7-9-15(10-8-14)21-17(24)12-27-19-22-16(11-23(19)20)13-5-3-2-4-6-13/h2-11H,12,20H2,1H3,(H,21,24). The predicted molar refractivity (Wildman–Crippen MR) is 105 cm³/mol. The number of benzene rings is 2. The molecule has 0 spiro atoms. The molecule has 0 saturated heterocycles. The molecule has 0 fully saturated rings. The van der Waals surface area contributed by atoms with Crippen molar-refractivity contribution < 1.29 is 14.3 Å². The van der Waals surface area contributed by atoms with Crippen molar-refractivity contribution in [3.63, 3.8) is 0 Å².